The Labute approximate surface area is 124 Å². The number of morpholine rings is 1. The first-order valence-electron chi connectivity index (χ1n) is 6.86. The van der Waals surface area contributed by atoms with Gasteiger partial charge >= 0.3 is 0 Å². The highest BCUT2D eigenvalue weighted by Crippen LogP contribution is 2.27. The highest BCUT2D eigenvalue weighted by atomic mass is 35.5. The molecule has 0 bridgehead atoms. The van der Waals surface area contributed by atoms with Crippen LogP contribution >= 0.6 is 11.6 Å². The van der Waals surface area contributed by atoms with Crippen LogP contribution in [0.1, 0.15) is 24.9 Å². The lowest BCUT2D eigenvalue weighted by Crippen LogP contribution is -2.49. The normalized spacial score (nSPS) is 21.9. The number of halogens is 1. The van der Waals surface area contributed by atoms with E-state index in [1.807, 2.05) is 0 Å². The third-order valence-corrected chi connectivity index (χ3v) is 3.73. The number of rotatable bonds is 5. The maximum atomic E-state index is 6.00. The SMILES string of the molecule is CCCN1CCOC(C(NN)c2cc(Cl)cnc2N)C1. The van der Waals surface area contributed by atoms with Crippen molar-refractivity contribution >= 4 is 17.4 Å². The molecule has 0 spiro atoms. The molecular weight excluding hydrogens is 278 g/mol. The first kappa shape index (κ1) is 15.5. The lowest BCUT2D eigenvalue weighted by molar-refractivity contribution is -0.0470. The molecule has 5 N–H and O–H groups in total. The Hall–Kier alpha value is -0.920. The van der Waals surface area contributed by atoms with Crippen LogP contribution in [0.4, 0.5) is 5.82 Å². The molecule has 1 aromatic heterocycles. The minimum atomic E-state index is -0.221. The second-order valence-electron chi connectivity index (χ2n) is 4.98. The molecule has 0 saturated carbocycles. The third-order valence-electron chi connectivity index (χ3n) is 3.52. The number of ether oxygens (including phenoxy) is 1. The number of aromatic nitrogens is 1. The summed E-state index contributed by atoms with van der Waals surface area (Å²) in [5, 5.41) is 0.538. The molecule has 1 aliphatic heterocycles. The van der Waals surface area contributed by atoms with Gasteiger partial charge in [-0.25, -0.2) is 4.98 Å². The molecule has 1 fully saturated rings. The summed E-state index contributed by atoms with van der Waals surface area (Å²) < 4.78 is 5.85. The minimum absolute atomic E-state index is 0.0668. The number of pyridine rings is 1. The van der Waals surface area contributed by atoms with Crippen LogP contribution in [0.2, 0.25) is 5.02 Å². The highest BCUT2D eigenvalue weighted by Gasteiger charge is 2.30. The largest absolute Gasteiger partial charge is 0.383 e. The molecule has 2 rings (SSSR count). The molecule has 1 aliphatic rings. The molecule has 7 heteroatoms. The summed E-state index contributed by atoms with van der Waals surface area (Å²) in [6.45, 7) is 5.68. The van der Waals surface area contributed by atoms with Crippen molar-refractivity contribution in [3.05, 3.63) is 22.8 Å². The van der Waals surface area contributed by atoms with Gasteiger partial charge in [0.2, 0.25) is 0 Å². The Bertz CT molecular complexity index is 443. The van der Waals surface area contributed by atoms with Gasteiger partial charge in [-0.1, -0.05) is 18.5 Å². The third kappa shape index (κ3) is 3.59. The van der Waals surface area contributed by atoms with E-state index in [1.54, 1.807) is 6.07 Å². The maximum Gasteiger partial charge on any atom is 0.128 e. The molecule has 20 heavy (non-hydrogen) atoms. The summed E-state index contributed by atoms with van der Waals surface area (Å²) in [5.41, 5.74) is 9.50. The summed E-state index contributed by atoms with van der Waals surface area (Å²) in [6, 6.07) is 1.57. The number of nitrogens with one attached hydrogen (secondary N) is 1. The maximum absolute atomic E-state index is 6.00. The van der Waals surface area contributed by atoms with Crippen molar-refractivity contribution in [3.63, 3.8) is 0 Å². The van der Waals surface area contributed by atoms with Gasteiger partial charge in [-0.2, -0.15) is 0 Å². The van der Waals surface area contributed by atoms with E-state index < -0.39 is 0 Å². The lowest BCUT2D eigenvalue weighted by atomic mass is 10.0. The van der Waals surface area contributed by atoms with Crippen LogP contribution in [0.5, 0.6) is 0 Å². The Morgan fingerprint density at radius 2 is 2.45 bits per heavy atom. The number of hydrogen-bond acceptors (Lipinski definition) is 6. The molecule has 1 aromatic rings. The Balaban J connectivity index is 2.16. The van der Waals surface area contributed by atoms with Gasteiger partial charge in [-0.3, -0.25) is 16.2 Å². The van der Waals surface area contributed by atoms with E-state index >= 15 is 0 Å². The fraction of sp³-hybridized carbons (Fsp3) is 0.615. The van der Waals surface area contributed by atoms with Crippen LogP contribution in [0.3, 0.4) is 0 Å². The quantitative estimate of drug-likeness (QED) is 0.554. The molecule has 2 atom stereocenters. The molecule has 0 aromatic carbocycles. The van der Waals surface area contributed by atoms with Crippen LogP contribution in [0, 0.1) is 0 Å². The predicted molar refractivity (Wildman–Crippen MR) is 80.2 cm³/mol. The highest BCUT2D eigenvalue weighted by molar-refractivity contribution is 6.30. The van der Waals surface area contributed by atoms with Gasteiger partial charge < -0.3 is 10.5 Å². The second-order valence-corrected chi connectivity index (χ2v) is 5.42. The van der Waals surface area contributed by atoms with Gasteiger partial charge in [0.15, 0.2) is 0 Å². The minimum Gasteiger partial charge on any atom is -0.383 e. The van der Waals surface area contributed by atoms with Crippen molar-refractivity contribution in [1.82, 2.24) is 15.3 Å². The average Bonchev–Trinajstić information content (AvgIpc) is 2.44. The predicted octanol–water partition coefficient (Wildman–Crippen LogP) is 0.932. The Kier molecular flexibility index (Phi) is 5.56. The Morgan fingerprint density at radius 3 is 3.15 bits per heavy atom. The molecule has 6 nitrogen and oxygen atoms in total. The molecule has 2 heterocycles. The van der Waals surface area contributed by atoms with Crippen LogP contribution in [0.25, 0.3) is 0 Å². The number of anilines is 1. The van der Waals surface area contributed by atoms with Gasteiger partial charge in [-0.15, -0.1) is 0 Å². The number of hydrazine groups is 1. The summed E-state index contributed by atoms with van der Waals surface area (Å²) >= 11 is 6.00. The molecule has 0 amide bonds. The fourth-order valence-electron chi connectivity index (χ4n) is 2.56. The number of nitrogens with zero attached hydrogens (tertiary/aromatic N) is 2. The van der Waals surface area contributed by atoms with Crippen molar-refractivity contribution in [2.45, 2.75) is 25.5 Å². The first-order valence-corrected chi connectivity index (χ1v) is 7.24. The van der Waals surface area contributed by atoms with E-state index in [0.29, 0.717) is 17.4 Å². The molecule has 0 radical (unpaired) electrons. The number of hydrogen-bond donors (Lipinski definition) is 3. The molecular formula is C13H22ClN5O. The second kappa shape index (κ2) is 7.19. The van der Waals surface area contributed by atoms with Crippen molar-refractivity contribution in [1.29, 1.82) is 0 Å². The summed E-state index contributed by atoms with van der Waals surface area (Å²) in [6.07, 6.45) is 2.58. The summed E-state index contributed by atoms with van der Waals surface area (Å²) in [7, 11) is 0. The fourth-order valence-corrected chi connectivity index (χ4v) is 2.73. The molecule has 2 unspecified atom stereocenters. The van der Waals surface area contributed by atoms with E-state index in [0.717, 1.165) is 31.6 Å². The lowest BCUT2D eigenvalue weighted by Gasteiger charge is -2.37. The van der Waals surface area contributed by atoms with Gasteiger partial charge in [0.1, 0.15) is 5.82 Å². The van der Waals surface area contributed by atoms with Gasteiger partial charge in [-0.05, 0) is 19.0 Å². The standard InChI is InChI=1S/C13H22ClN5O/c1-2-3-19-4-5-20-11(8-19)12(18-16)10-6-9(14)7-17-13(10)15/h6-7,11-12,18H,2-5,8,16H2,1H3,(H2,15,17). The van der Waals surface area contributed by atoms with Crippen molar-refractivity contribution in [2.75, 3.05) is 32.0 Å². The average molecular weight is 300 g/mol. The molecule has 112 valence electrons. The van der Waals surface area contributed by atoms with E-state index in [1.165, 1.54) is 6.20 Å². The van der Waals surface area contributed by atoms with Crippen LogP contribution in [-0.4, -0.2) is 42.2 Å². The van der Waals surface area contributed by atoms with Crippen molar-refractivity contribution in [3.8, 4) is 0 Å². The van der Waals surface area contributed by atoms with Crippen LogP contribution in [0.15, 0.2) is 12.3 Å². The van der Waals surface area contributed by atoms with E-state index in [2.05, 4.69) is 22.2 Å². The van der Waals surface area contributed by atoms with E-state index in [-0.39, 0.29) is 12.1 Å². The smallest absolute Gasteiger partial charge is 0.128 e. The number of nitrogens with two attached hydrogens (primary N) is 2. The monoisotopic (exact) mass is 299 g/mol. The summed E-state index contributed by atoms with van der Waals surface area (Å²) in [4.78, 5) is 6.45. The van der Waals surface area contributed by atoms with E-state index in [4.69, 9.17) is 27.9 Å². The topological polar surface area (TPSA) is 89.4 Å². The van der Waals surface area contributed by atoms with Crippen LogP contribution in [-0.2, 0) is 4.74 Å². The van der Waals surface area contributed by atoms with Crippen LogP contribution < -0.4 is 17.0 Å². The molecule has 0 aliphatic carbocycles. The first-order chi connectivity index (χ1) is 9.65. The zero-order valence-corrected chi connectivity index (χ0v) is 12.4. The molecule has 1 saturated heterocycles. The summed E-state index contributed by atoms with van der Waals surface area (Å²) in [5.74, 6) is 6.12. The number of nitrogen functional groups attached to an aromatic ring is 1. The Morgan fingerprint density at radius 1 is 1.65 bits per heavy atom. The van der Waals surface area contributed by atoms with E-state index in [9.17, 15) is 0 Å². The van der Waals surface area contributed by atoms with Crippen molar-refractivity contribution in [2.24, 2.45) is 5.84 Å². The van der Waals surface area contributed by atoms with Gasteiger partial charge in [0.05, 0.1) is 23.8 Å². The zero-order chi connectivity index (χ0) is 14.5. The van der Waals surface area contributed by atoms with Crippen molar-refractivity contribution < 1.29 is 4.74 Å². The van der Waals surface area contributed by atoms with Gasteiger partial charge in [0.25, 0.3) is 0 Å². The zero-order valence-electron chi connectivity index (χ0n) is 11.7. The van der Waals surface area contributed by atoms with Gasteiger partial charge in [0, 0.05) is 24.8 Å².